The minimum Gasteiger partial charge on any atom is -0.341 e. The van der Waals surface area contributed by atoms with Gasteiger partial charge in [0.25, 0.3) is 0 Å². The third-order valence-corrected chi connectivity index (χ3v) is 5.72. The molecule has 0 heterocycles. The molecule has 0 aromatic rings. The highest BCUT2D eigenvalue weighted by atomic mass is 15.0. The summed E-state index contributed by atoms with van der Waals surface area (Å²) < 4.78 is 0. The summed E-state index contributed by atoms with van der Waals surface area (Å²) in [5.41, 5.74) is 0.723. The number of hydrogen-bond donors (Lipinski definition) is 1. The quantitative estimate of drug-likeness (QED) is 0.683. The van der Waals surface area contributed by atoms with Crippen molar-refractivity contribution < 1.29 is 5.32 Å². The Morgan fingerprint density at radius 3 is 2.00 bits per heavy atom. The molecule has 0 saturated heterocycles. The van der Waals surface area contributed by atoms with Crippen molar-refractivity contribution in [3.8, 4) is 0 Å². The van der Waals surface area contributed by atoms with Gasteiger partial charge < -0.3 is 5.32 Å². The van der Waals surface area contributed by atoms with Gasteiger partial charge in [0.05, 0.1) is 12.1 Å². The molecule has 4 fully saturated rings. The van der Waals surface area contributed by atoms with Crippen molar-refractivity contribution in [1.29, 1.82) is 0 Å². The van der Waals surface area contributed by atoms with E-state index in [9.17, 15) is 0 Å². The molecule has 2 N–H and O–H groups in total. The van der Waals surface area contributed by atoms with Crippen LogP contribution in [0.15, 0.2) is 0 Å². The Bertz CT molecular complexity index is 223. The molecular formula is C16H30N+. The van der Waals surface area contributed by atoms with Gasteiger partial charge in [-0.2, -0.15) is 0 Å². The molecule has 4 bridgehead atoms. The topological polar surface area (TPSA) is 16.6 Å². The molecule has 4 aliphatic carbocycles. The highest BCUT2D eigenvalue weighted by Crippen LogP contribution is 2.54. The van der Waals surface area contributed by atoms with E-state index in [1.165, 1.54) is 32.2 Å². The Balaban J connectivity index is 1.49. The molecule has 4 saturated carbocycles. The normalized spacial score (nSPS) is 43.2. The molecule has 98 valence electrons. The van der Waals surface area contributed by atoms with Crippen molar-refractivity contribution in [3.05, 3.63) is 0 Å². The van der Waals surface area contributed by atoms with Gasteiger partial charge in [-0.1, -0.05) is 19.8 Å². The number of hydrogen-bond acceptors (Lipinski definition) is 0. The van der Waals surface area contributed by atoms with Gasteiger partial charge >= 0.3 is 0 Å². The van der Waals surface area contributed by atoms with Crippen molar-refractivity contribution in [2.75, 3.05) is 6.54 Å². The Hall–Kier alpha value is -0.0400. The summed E-state index contributed by atoms with van der Waals surface area (Å²) >= 11 is 0. The van der Waals surface area contributed by atoms with Crippen LogP contribution in [-0.4, -0.2) is 12.1 Å². The van der Waals surface area contributed by atoms with Gasteiger partial charge in [0.15, 0.2) is 0 Å². The van der Waals surface area contributed by atoms with E-state index in [4.69, 9.17) is 0 Å². The van der Waals surface area contributed by atoms with Crippen LogP contribution in [0.1, 0.15) is 71.1 Å². The summed E-state index contributed by atoms with van der Waals surface area (Å²) in [6, 6.07) is 0. The first kappa shape index (κ1) is 12.0. The molecule has 1 heteroatoms. The maximum absolute atomic E-state index is 2.78. The van der Waals surface area contributed by atoms with Gasteiger partial charge in [0.1, 0.15) is 0 Å². The van der Waals surface area contributed by atoms with Crippen LogP contribution in [0.3, 0.4) is 0 Å². The van der Waals surface area contributed by atoms with E-state index in [-0.39, 0.29) is 0 Å². The van der Waals surface area contributed by atoms with Gasteiger partial charge in [-0.05, 0) is 49.9 Å². The van der Waals surface area contributed by atoms with Crippen molar-refractivity contribution in [2.24, 2.45) is 17.8 Å². The standard InChI is InChI=1S/C16H29N/c1-2-3-4-5-6-17-16-10-13-7-14(11-16)9-15(8-13)12-16/h13-15,17H,2-12H2,1H3/p+1. The van der Waals surface area contributed by atoms with Crippen LogP contribution in [-0.2, 0) is 0 Å². The molecule has 0 aliphatic heterocycles. The van der Waals surface area contributed by atoms with E-state index in [0.717, 1.165) is 23.3 Å². The van der Waals surface area contributed by atoms with Gasteiger partial charge in [-0.25, -0.2) is 0 Å². The SMILES string of the molecule is CCCCCC[NH2+]C12CC3CC(CC(C3)C1)C2. The Morgan fingerprint density at radius 1 is 0.882 bits per heavy atom. The number of rotatable bonds is 6. The number of quaternary nitrogens is 1. The van der Waals surface area contributed by atoms with Crippen LogP contribution in [0.4, 0.5) is 0 Å². The first-order valence-corrected chi connectivity index (χ1v) is 8.14. The fourth-order valence-electron chi connectivity index (χ4n) is 5.41. The lowest BCUT2D eigenvalue weighted by Gasteiger charge is -2.54. The average molecular weight is 236 g/mol. The van der Waals surface area contributed by atoms with E-state index in [1.54, 1.807) is 38.5 Å². The van der Waals surface area contributed by atoms with E-state index >= 15 is 0 Å². The molecule has 1 nitrogen and oxygen atoms in total. The molecule has 0 atom stereocenters. The minimum atomic E-state index is 0.723. The highest BCUT2D eigenvalue weighted by molar-refractivity contribution is 5.01. The van der Waals surface area contributed by atoms with Crippen LogP contribution in [0.2, 0.25) is 0 Å². The molecule has 4 aliphatic rings. The second-order valence-electron chi connectivity index (χ2n) is 7.33. The van der Waals surface area contributed by atoms with E-state index in [2.05, 4.69) is 12.2 Å². The van der Waals surface area contributed by atoms with Gasteiger partial charge in [-0.15, -0.1) is 0 Å². The summed E-state index contributed by atoms with van der Waals surface area (Å²) in [7, 11) is 0. The maximum atomic E-state index is 2.78. The zero-order valence-corrected chi connectivity index (χ0v) is 11.6. The molecule has 0 spiro atoms. The van der Waals surface area contributed by atoms with Crippen LogP contribution >= 0.6 is 0 Å². The monoisotopic (exact) mass is 236 g/mol. The van der Waals surface area contributed by atoms with Crippen LogP contribution in [0.5, 0.6) is 0 Å². The van der Waals surface area contributed by atoms with E-state index in [1.807, 2.05) is 0 Å². The fourth-order valence-corrected chi connectivity index (χ4v) is 5.41. The smallest absolute Gasteiger partial charge is 0.0969 e. The highest BCUT2D eigenvalue weighted by Gasteiger charge is 2.53. The van der Waals surface area contributed by atoms with Gasteiger partial charge in [0, 0.05) is 19.3 Å². The molecule has 0 radical (unpaired) electrons. The van der Waals surface area contributed by atoms with Crippen molar-refractivity contribution >= 4 is 0 Å². The summed E-state index contributed by atoms with van der Waals surface area (Å²) in [5.74, 6) is 3.36. The van der Waals surface area contributed by atoms with Crippen LogP contribution in [0, 0.1) is 17.8 Å². The Kier molecular flexibility index (Phi) is 3.47. The van der Waals surface area contributed by atoms with E-state index < -0.39 is 0 Å². The molecule has 0 unspecified atom stereocenters. The Labute approximate surface area is 107 Å². The molecule has 17 heavy (non-hydrogen) atoms. The maximum Gasteiger partial charge on any atom is 0.0969 e. The first-order chi connectivity index (χ1) is 8.30. The van der Waals surface area contributed by atoms with Crippen molar-refractivity contribution in [3.63, 3.8) is 0 Å². The lowest BCUT2D eigenvalue weighted by atomic mass is 9.53. The zero-order chi connectivity index (χ0) is 11.7. The molecule has 0 aromatic carbocycles. The fraction of sp³-hybridized carbons (Fsp3) is 1.00. The minimum absolute atomic E-state index is 0.723. The lowest BCUT2D eigenvalue weighted by Crippen LogP contribution is -2.99. The predicted octanol–water partition coefficient (Wildman–Crippen LogP) is 3.10. The molecule has 4 rings (SSSR count). The van der Waals surface area contributed by atoms with Gasteiger partial charge in [-0.3, -0.25) is 0 Å². The summed E-state index contributed by atoms with van der Waals surface area (Å²) in [5, 5.41) is 2.78. The van der Waals surface area contributed by atoms with Crippen molar-refractivity contribution in [2.45, 2.75) is 76.7 Å². The predicted molar refractivity (Wildman–Crippen MR) is 71.8 cm³/mol. The summed E-state index contributed by atoms with van der Waals surface area (Å²) in [6.45, 7) is 3.72. The number of nitrogens with two attached hydrogens (primary N) is 1. The summed E-state index contributed by atoms with van der Waals surface area (Å²) in [4.78, 5) is 0. The largest absolute Gasteiger partial charge is 0.341 e. The third-order valence-electron chi connectivity index (χ3n) is 5.72. The van der Waals surface area contributed by atoms with E-state index in [0.29, 0.717) is 0 Å². The van der Waals surface area contributed by atoms with Crippen LogP contribution < -0.4 is 5.32 Å². The molecule has 0 aromatic heterocycles. The summed E-state index contributed by atoms with van der Waals surface area (Å²) in [6.07, 6.45) is 15.2. The lowest BCUT2D eigenvalue weighted by molar-refractivity contribution is -0.739. The second-order valence-corrected chi connectivity index (χ2v) is 7.33. The Morgan fingerprint density at radius 2 is 1.47 bits per heavy atom. The first-order valence-electron chi connectivity index (χ1n) is 8.14. The second kappa shape index (κ2) is 4.91. The molecular weight excluding hydrogens is 206 g/mol. The number of unbranched alkanes of at least 4 members (excludes halogenated alkanes) is 3. The van der Waals surface area contributed by atoms with Gasteiger partial charge in [0.2, 0.25) is 0 Å². The van der Waals surface area contributed by atoms with Crippen LogP contribution in [0.25, 0.3) is 0 Å². The molecule has 0 amide bonds. The average Bonchev–Trinajstić information content (AvgIpc) is 2.26. The third kappa shape index (κ3) is 2.54. The van der Waals surface area contributed by atoms with Crippen molar-refractivity contribution in [1.82, 2.24) is 0 Å². The zero-order valence-electron chi connectivity index (χ0n) is 11.6.